The van der Waals surface area contributed by atoms with Crippen LogP contribution in [0.25, 0.3) is 0 Å². The van der Waals surface area contributed by atoms with E-state index in [2.05, 4.69) is 15.5 Å². The largest absolute Gasteiger partial charge is 0.493 e. The number of anilines is 1. The Morgan fingerprint density at radius 3 is 2.18 bits per heavy atom. The molecular formula is C22H25Cl2N3O6. The number of rotatable bonds is 11. The van der Waals surface area contributed by atoms with Crippen molar-refractivity contribution in [1.82, 2.24) is 0 Å². The van der Waals surface area contributed by atoms with Crippen molar-refractivity contribution in [1.29, 1.82) is 0 Å². The molecule has 178 valence electrons. The maximum Gasteiger partial charge on any atom is 0.258 e. The van der Waals surface area contributed by atoms with Crippen LogP contribution in [0.5, 0.6) is 23.0 Å². The van der Waals surface area contributed by atoms with Crippen LogP contribution < -0.4 is 24.3 Å². The van der Waals surface area contributed by atoms with Crippen molar-refractivity contribution in [2.45, 2.75) is 26.8 Å². The van der Waals surface area contributed by atoms with Gasteiger partial charge in [0.05, 0.1) is 33.1 Å². The number of hydrogen-bond acceptors (Lipinski definition) is 8. The van der Waals surface area contributed by atoms with Crippen LogP contribution in [-0.4, -0.2) is 45.2 Å². The molecule has 0 heterocycles. The van der Waals surface area contributed by atoms with E-state index in [0.717, 1.165) is 0 Å². The molecule has 1 unspecified atom stereocenters. The first-order valence-corrected chi connectivity index (χ1v) is 10.7. The number of azo groups is 1. The van der Waals surface area contributed by atoms with E-state index in [9.17, 15) is 9.59 Å². The number of nitrogens with one attached hydrogen (secondary N) is 1. The van der Waals surface area contributed by atoms with Crippen molar-refractivity contribution in [3.63, 3.8) is 0 Å². The van der Waals surface area contributed by atoms with Crippen LogP contribution >= 0.6 is 23.2 Å². The van der Waals surface area contributed by atoms with E-state index in [1.165, 1.54) is 27.2 Å². The molecule has 0 saturated heterocycles. The predicted molar refractivity (Wildman–Crippen MR) is 126 cm³/mol. The average Bonchev–Trinajstić information content (AvgIpc) is 2.78. The summed E-state index contributed by atoms with van der Waals surface area (Å²) in [5.74, 6) is 0.128. The minimum Gasteiger partial charge on any atom is -0.493 e. The number of Topliss-reactive ketones (excluding diaryl/α,β-unsaturated/α-hetero) is 1. The fraction of sp³-hybridized carbons (Fsp3) is 0.364. The number of amides is 1. The van der Waals surface area contributed by atoms with Crippen molar-refractivity contribution in [2.75, 3.05) is 32.8 Å². The second-order valence-corrected chi connectivity index (χ2v) is 7.23. The highest BCUT2D eigenvalue weighted by atomic mass is 35.5. The third kappa shape index (κ3) is 6.27. The van der Waals surface area contributed by atoms with Gasteiger partial charge >= 0.3 is 0 Å². The van der Waals surface area contributed by atoms with Gasteiger partial charge in [0.2, 0.25) is 6.04 Å². The lowest BCUT2D eigenvalue weighted by molar-refractivity contribution is -0.126. The first-order chi connectivity index (χ1) is 15.8. The number of carbonyl (C=O) groups excluding carboxylic acids is 2. The molecule has 33 heavy (non-hydrogen) atoms. The predicted octanol–water partition coefficient (Wildman–Crippen LogP) is 5.49. The smallest absolute Gasteiger partial charge is 0.258 e. The number of ether oxygens (including phenoxy) is 4. The van der Waals surface area contributed by atoms with Gasteiger partial charge in [-0.25, -0.2) is 0 Å². The normalized spacial score (nSPS) is 11.7. The minimum atomic E-state index is -1.44. The van der Waals surface area contributed by atoms with Crippen LogP contribution in [0.4, 0.5) is 11.4 Å². The first-order valence-electron chi connectivity index (χ1n) is 9.99. The third-order valence-corrected chi connectivity index (χ3v) is 5.03. The number of ketones is 1. The average molecular weight is 498 g/mol. The van der Waals surface area contributed by atoms with Gasteiger partial charge in [0.1, 0.15) is 15.7 Å². The highest BCUT2D eigenvalue weighted by molar-refractivity contribution is 6.36. The Hall–Kier alpha value is -3.04. The van der Waals surface area contributed by atoms with Crippen molar-refractivity contribution >= 4 is 46.3 Å². The Morgan fingerprint density at radius 1 is 0.939 bits per heavy atom. The van der Waals surface area contributed by atoms with Gasteiger partial charge in [-0.05, 0) is 45.0 Å². The number of halogens is 2. The van der Waals surface area contributed by atoms with Crippen LogP contribution in [0.3, 0.4) is 0 Å². The molecule has 1 atom stereocenters. The van der Waals surface area contributed by atoms with Gasteiger partial charge < -0.3 is 24.3 Å². The Labute approximate surface area is 202 Å². The second kappa shape index (κ2) is 12.3. The van der Waals surface area contributed by atoms with Crippen LogP contribution in [-0.2, 0) is 9.59 Å². The van der Waals surface area contributed by atoms with E-state index < -0.39 is 17.7 Å². The Bertz CT molecular complexity index is 1050. The minimum absolute atomic E-state index is 0.124. The van der Waals surface area contributed by atoms with E-state index in [1.807, 2.05) is 6.92 Å². The van der Waals surface area contributed by atoms with Gasteiger partial charge in [-0.15, -0.1) is 0 Å². The number of nitrogens with zero attached hydrogens (tertiary/aromatic N) is 2. The monoisotopic (exact) mass is 497 g/mol. The summed E-state index contributed by atoms with van der Waals surface area (Å²) in [4.78, 5) is 25.0. The fourth-order valence-corrected chi connectivity index (χ4v) is 3.31. The van der Waals surface area contributed by atoms with Crippen molar-refractivity contribution in [2.24, 2.45) is 10.2 Å². The zero-order chi connectivity index (χ0) is 24.5. The lowest BCUT2D eigenvalue weighted by Crippen LogP contribution is -2.32. The van der Waals surface area contributed by atoms with Crippen molar-refractivity contribution in [3.8, 4) is 23.0 Å². The third-order valence-electron chi connectivity index (χ3n) is 4.29. The lowest BCUT2D eigenvalue weighted by atomic mass is 10.2. The maximum atomic E-state index is 12.8. The first kappa shape index (κ1) is 26.2. The van der Waals surface area contributed by atoms with Gasteiger partial charge in [0.25, 0.3) is 5.91 Å². The molecule has 0 aliphatic carbocycles. The van der Waals surface area contributed by atoms with E-state index in [4.69, 9.17) is 42.1 Å². The molecule has 0 bridgehead atoms. The molecule has 11 heteroatoms. The molecule has 2 aromatic rings. The Kier molecular flexibility index (Phi) is 9.74. The molecule has 2 rings (SSSR count). The topological polar surface area (TPSA) is 108 Å². The lowest BCUT2D eigenvalue weighted by Gasteiger charge is -2.16. The van der Waals surface area contributed by atoms with Crippen LogP contribution in [0.15, 0.2) is 34.5 Å². The molecular weight excluding hydrogens is 473 g/mol. The number of benzene rings is 2. The van der Waals surface area contributed by atoms with Crippen LogP contribution in [0, 0.1) is 0 Å². The standard InChI is InChI=1S/C22H25Cl2N3O6/c1-6-32-16-11-8-13(17(23)21(16)33-7-2)25-22(29)19(12(3)28)27-26-14-9-10-15(30-4)20(31-5)18(14)24/h8-11,19H,6-7H2,1-5H3,(H,25,29). The van der Waals surface area contributed by atoms with Crippen molar-refractivity contribution in [3.05, 3.63) is 34.3 Å². The molecule has 0 saturated carbocycles. The summed E-state index contributed by atoms with van der Waals surface area (Å²) in [7, 11) is 2.89. The quantitative estimate of drug-likeness (QED) is 0.324. The SMILES string of the molecule is CCOc1ccc(NC(=O)C(N=Nc2ccc(OC)c(OC)c2Cl)C(C)=O)c(Cl)c1OCC. The molecule has 0 aliphatic rings. The number of hydrogen-bond donors (Lipinski definition) is 1. The number of methoxy groups -OCH3 is 2. The fourth-order valence-electron chi connectivity index (χ4n) is 2.78. The molecule has 0 aliphatic heterocycles. The summed E-state index contributed by atoms with van der Waals surface area (Å²) in [6, 6.07) is 4.83. The molecule has 0 radical (unpaired) electrons. The number of carbonyl (C=O) groups is 2. The molecule has 1 amide bonds. The molecule has 2 aromatic carbocycles. The molecule has 9 nitrogen and oxygen atoms in total. The van der Waals surface area contributed by atoms with E-state index >= 15 is 0 Å². The zero-order valence-electron chi connectivity index (χ0n) is 18.9. The van der Waals surface area contributed by atoms with Gasteiger partial charge in [0.15, 0.2) is 28.8 Å². The summed E-state index contributed by atoms with van der Waals surface area (Å²) in [6.07, 6.45) is 0. The Morgan fingerprint density at radius 2 is 1.61 bits per heavy atom. The van der Waals surface area contributed by atoms with E-state index in [1.54, 1.807) is 25.1 Å². The molecule has 0 aromatic heterocycles. The Balaban J connectivity index is 2.32. The molecule has 0 fully saturated rings. The second-order valence-electron chi connectivity index (χ2n) is 6.47. The molecule has 1 N–H and O–H groups in total. The van der Waals surface area contributed by atoms with Gasteiger partial charge in [-0.3, -0.25) is 9.59 Å². The summed E-state index contributed by atoms with van der Waals surface area (Å²) in [5, 5.41) is 10.7. The van der Waals surface area contributed by atoms with Crippen molar-refractivity contribution < 1.29 is 28.5 Å². The highest BCUT2D eigenvalue weighted by Gasteiger charge is 2.25. The summed E-state index contributed by atoms with van der Waals surface area (Å²) < 4.78 is 21.5. The zero-order valence-corrected chi connectivity index (χ0v) is 20.4. The van der Waals surface area contributed by atoms with Crippen LogP contribution in [0.2, 0.25) is 10.0 Å². The maximum absolute atomic E-state index is 12.8. The molecule has 0 spiro atoms. The summed E-state index contributed by atoms with van der Waals surface area (Å²) in [5.41, 5.74) is 0.435. The van der Waals surface area contributed by atoms with E-state index in [-0.39, 0.29) is 32.9 Å². The highest BCUT2D eigenvalue weighted by Crippen LogP contribution is 2.42. The van der Waals surface area contributed by atoms with Crippen LogP contribution in [0.1, 0.15) is 20.8 Å². The van der Waals surface area contributed by atoms with E-state index in [0.29, 0.717) is 24.7 Å². The summed E-state index contributed by atoms with van der Waals surface area (Å²) in [6.45, 7) is 5.60. The van der Waals surface area contributed by atoms with Gasteiger partial charge in [-0.2, -0.15) is 10.2 Å². The summed E-state index contributed by atoms with van der Waals surface area (Å²) >= 11 is 12.7. The van der Waals surface area contributed by atoms with Gasteiger partial charge in [0, 0.05) is 0 Å². The van der Waals surface area contributed by atoms with Gasteiger partial charge in [-0.1, -0.05) is 23.2 Å².